The van der Waals surface area contributed by atoms with E-state index in [1.807, 2.05) is 134 Å². The quantitative estimate of drug-likeness (QED) is 0.115. The minimum absolute atomic E-state index is 0.180. The van der Waals surface area contributed by atoms with Gasteiger partial charge in [-0.25, -0.2) is 0 Å². The summed E-state index contributed by atoms with van der Waals surface area (Å²) < 4.78 is 17.4. The third-order valence-electron chi connectivity index (χ3n) is 8.89. The Hall–Kier alpha value is -5.50. The number of nitrogens with one attached hydrogen (secondary N) is 1. The molecule has 1 heterocycles. The second-order valence-electron chi connectivity index (χ2n) is 11.8. The van der Waals surface area contributed by atoms with Gasteiger partial charge in [-0.1, -0.05) is 115 Å². The van der Waals surface area contributed by atoms with Crippen LogP contribution in [0.1, 0.15) is 34.7 Å². The van der Waals surface area contributed by atoms with E-state index in [0.717, 1.165) is 44.2 Å². The van der Waals surface area contributed by atoms with Crippen LogP contribution in [0.25, 0.3) is 22.0 Å². The Morgan fingerprint density at radius 1 is 0.755 bits per heavy atom. The Bertz CT molecular complexity index is 1890. The van der Waals surface area contributed by atoms with Crippen molar-refractivity contribution < 1.29 is 24.1 Å². The predicted molar refractivity (Wildman–Crippen MR) is 193 cm³/mol. The highest BCUT2D eigenvalue weighted by atomic mass is 16.5. The largest absolute Gasteiger partial charge is 0.496 e. The zero-order valence-electron chi connectivity index (χ0n) is 27.9. The van der Waals surface area contributed by atoms with E-state index in [-0.39, 0.29) is 6.42 Å². The average Bonchev–Trinajstić information content (AvgIpc) is 3.16. The summed E-state index contributed by atoms with van der Waals surface area (Å²) in [5.41, 5.74) is 4.97. The standard InChI is InChI=1S/C42H40N2O5/c1-4-49-28-29-24-37(47-2)39(38(25-29)48-3)40-35-23-15-14-22-34(35)30(27-43-40)26-36(41(45)46)44-42(31-16-8-5-9-17-31,32-18-10-6-11-19-32)33-20-12-7-13-21-33/h5-25,27,36,44H,4,26,28H2,1-3H3,(H,45,46)/t36-/m0/s1. The summed E-state index contributed by atoms with van der Waals surface area (Å²) in [7, 11) is 3.25. The van der Waals surface area contributed by atoms with Crippen molar-refractivity contribution in [2.75, 3.05) is 20.8 Å². The number of carbonyl (C=O) groups is 1. The van der Waals surface area contributed by atoms with Gasteiger partial charge in [0.2, 0.25) is 0 Å². The van der Waals surface area contributed by atoms with Gasteiger partial charge in [0.25, 0.3) is 0 Å². The SMILES string of the molecule is CCOCc1cc(OC)c(-c2ncc(C[C@H](NC(c3ccccc3)(c3ccccc3)c3ccccc3)C(=O)O)c3ccccc23)c(OC)c1. The van der Waals surface area contributed by atoms with Crippen molar-refractivity contribution in [3.05, 3.63) is 161 Å². The van der Waals surface area contributed by atoms with Gasteiger partial charge in [0.15, 0.2) is 0 Å². The van der Waals surface area contributed by atoms with Crippen LogP contribution in [0, 0.1) is 0 Å². The van der Waals surface area contributed by atoms with Crippen LogP contribution in [0.3, 0.4) is 0 Å². The van der Waals surface area contributed by atoms with Crippen LogP contribution in [0.15, 0.2) is 134 Å². The summed E-state index contributed by atoms with van der Waals surface area (Å²) in [6.07, 6.45) is 1.95. The first-order chi connectivity index (χ1) is 24.0. The number of methoxy groups -OCH3 is 2. The molecule has 0 amide bonds. The Morgan fingerprint density at radius 3 is 1.71 bits per heavy atom. The van der Waals surface area contributed by atoms with E-state index in [1.165, 1.54) is 0 Å². The Morgan fingerprint density at radius 2 is 1.24 bits per heavy atom. The maximum absolute atomic E-state index is 13.2. The molecule has 0 saturated heterocycles. The number of aromatic nitrogens is 1. The maximum Gasteiger partial charge on any atom is 0.321 e. The van der Waals surface area contributed by atoms with Crippen LogP contribution in [0.5, 0.6) is 11.5 Å². The Balaban J connectivity index is 1.47. The van der Waals surface area contributed by atoms with Crippen LogP contribution in [0.4, 0.5) is 0 Å². The summed E-state index contributed by atoms with van der Waals surface area (Å²) in [4.78, 5) is 18.2. The summed E-state index contributed by atoms with van der Waals surface area (Å²) in [6, 6.07) is 40.9. The van der Waals surface area contributed by atoms with E-state index in [2.05, 4.69) is 5.32 Å². The monoisotopic (exact) mass is 652 g/mol. The minimum atomic E-state index is -0.987. The molecular formula is C42H40N2O5. The van der Waals surface area contributed by atoms with Crippen molar-refractivity contribution >= 4 is 16.7 Å². The molecule has 0 fully saturated rings. The number of nitrogens with zero attached hydrogens (tertiary/aromatic N) is 1. The van der Waals surface area contributed by atoms with Crippen molar-refractivity contribution in [2.24, 2.45) is 0 Å². The highest BCUT2D eigenvalue weighted by Gasteiger charge is 2.40. The highest BCUT2D eigenvalue weighted by Crippen LogP contribution is 2.43. The van der Waals surface area contributed by atoms with Gasteiger partial charge >= 0.3 is 5.97 Å². The van der Waals surface area contributed by atoms with E-state index in [4.69, 9.17) is 19.2 Å². The van der Waals surface area contributed by atoms with Crippen LogP contribution in [0.2, 0.25) is 0 Å². The van der Waals surface area contributed by atoms with E-state index in [1.54, 1.807) is 20.4 Å². The number of ether oxygens (including phenoxy) is 3. The fraction of sp³-hybridized carbons (Fsp3) is 0.190. The molecule has 0 aliphatic heterocycles. The molecule has 248 valence electrons. The molecule has 0 saturated carbocycles. The van der Waals surface area contributed by atoms with Crippen molar-refractivity contribution in [1.29, 1.82) is 0 Å². The van der Waals surface area contributed by atoms with Gasteiger partial charge in [0, 0.05) is 24.6 Å². The first kappa shape index (κ1) is 33.4. The molecule has 0 aliphatic carbocycles. The smallest absolute Gasteiger partial charge is 0.321 e. The zero-order valence-corrected chi connectivity index (χ0v) is 27.9. The van der Waals surface area contributed by atoms with Crippen molar-refractivity contribution in [3.63, 3.8) is 0 Å². The summed E-state index contributed by atoms with van der Waals surface area (Å²) in [5.74, 6) is 0.263. The van der Waals surface area contributed by atoms with Crippen molar-refractivity contribution in [3.8, 4) is 22.8 Å². The fourth-order valence-corrected chi connectivity index (χ4v) is 6.61. The third-order valence-corrected chi connectivity index (χ3v) is 8.89. The molecule has 2 N–H and O–H groups in total. The molecule has 49 heavy (non-hydrogen) atoms. The number of pyridine rings is 1. The number of rotatable bonds is 14. The first-order valence-corrected chi connectivity index (χ1v) is 16.4. The van der Waals surface area contributed by atoms with Gasteiger partial charge in [-0.05, 0) is 52.3 Å². The summed E-state index contributed by atoms with van der Waals surface area (Å²) >= 11 is 0. The lowest BCUT2D eigenvalue weighted by Crippen LogP contribution is -2.53. The van der Waals surface area contributed by atoms with E-state index >= 15 is 0 Å². The van der Waals surface area contributed by atoms with E-state index in [0.29, 0.717) is 30.4 Å². The number of aliphatic carboxylic acids is 1. The van der Waals surface area contributed by atoms with Crippen LogP contribution in [-0.2, 0) is 28.1 Å². The topological polar surface area (TPSA) is 89.9 Å². The average molecular weight is 653 g/mol. The molecule has 7 heteroatoms. The minimum Gasteiger partial charge on any atom is -0.496 e. The van der Waals surface area contributed by atoms with Gasteiger partial charge in [0.05, 0.1) is 37.6 Å². The normalized spacial score (nSPS) is 12.1. The molecule has 0 bridgehead atoms. The van der Waals surface area contributed by atoms with E-state index < -0.39 is 17.6 Å². The molecular weight excluding hydrogens is 612 g/mol. The van der Waals surface area contributed by atoms with Gasteiger partial charge in [0.1, 0.15) is 17.5 Å². The first-order valence-electron chi connectivity index (χ1n) is 16.4. The van der Waals surface area contributed by atoms with Crippen LogP contribution in [-0.4, -0.2) is 42.9 Å². The number of hydrogen-bond donors (Lipinski definition) is 2. The second-order valence-corrected chi connectivity index (χ2v) is 11.8. The fourth-order valence-electron chi connectivity index (χ4n) is 6.61. The molecule has 0 aliphatic rings. The van der Waals surface area contributed by atoms with Gasteiger partial charge in [-0.2, -0.15) is 0 Å². The molecule has 0 unspecified atom stereocenters. The van der Waals surface area contributed by atoms with Crippen LogP contribution >= 0.6 is 0 Å². The lowest BCUT2D eigenvalue weighted by molar-refractivity contribution is -0.139. The maximum atomic E-state index is 13.2. The lowest BCUT2D eigenvalue weighted by atomic mass is 9.76. The van der Waals surface area contributed by atoms with Crippen molar-refractivity contribution in [2.45, 2.75) is 31.5 Å². The molecule has 1 aromatic heterocycles. The number of carboxylic acid groups (broad SMARTS) is 1. The Labute approximate surface area is 287 Å². The van der Waals surface area contributed by atoms with Gasteiger partial charge in [-0.15, -0.1) is 0 Å². The summed E-state index contributed by atoms with van der Waals surface area (Å²) in [5, 5.41) is 16.3. The second kappa shape index (κ2) is 15.2. The molecule has 7 nitrogen and oxygen atoms in total. The number of fused-ring (bicyclic) bond motifs is 1. The zero-order chi connectivity index (χ0) is 34.2. The highest BCUT2D eigenvalue weighted by molar-refractivity contribution is 5.99. The Kier molecular flexibility index (Phi) is 10.3. The molecule has 6 rings (SSSR count). The number of benzene rings is 5. The molecule has 1 atom stereocenters. The molecule has 0 spiro atoms. The molecule has 6 aromatic rings. The predicted octanol–water partition coefficient (Wildman–Crippen LogP) is 8.03. The van der Waals surface area contributed by atoms with Crippen LogP contribution < -0.4 is 14.8 Å². The third kappa shape index (κ3) is 6.77. The lowest BCUT2D eigenvalue weighted by Gasteiger charge is -2.39. The number of carboxylic acids is 1. The number of hydrogen-bond acceptors (Lipinski definition) is 6. The van der Waals surface area contributed by atoms with Gasteiger partial charge in [-0.3, -0.25) is 15.1 Å². The molecule has 5 aromatic carbocycles. The molecule has 0 radical (unpaired) electrons. The van der Waals surface area contributed by atoms with Gasteiger partial charge < -0.3 is 19.3 Å². The van der Waals surface area contributed by atoms with Crippen molar-refractivity contribution in [1.82, 2.24) is 10.3 Å². The summed E-state index contributed by atoms with van der Waals surface area (Å²) in [6.45, 7) is 2.97. The van der Waals surface area contributed by atoms with E-state index in [9.17, 15) is 9.90 Å².